The molecule has 0 bridgehead atoms. The average molecular weight is 343 g/mol. The molecule has 0 radical (unpaired) electrons. The SMILES string of the molecule is CCNC(=NCCc1nnc2ccccn12)NCCNC(=O)C1CC1. The molecule has 134 valence electrons. The van der Waals surface area contributed by atoms with Gasteiger partial charge in [-0.25, -0.2) is 0 Å². The van der Waals surface area contributed by atoms with Crippen molar-refractivity contribution in [1.82, 2.24) is 30.5 Å². The van der Waals surface area contributed by atoms with Gasteiger partial charge in [-0.15, -0.1) is 10.2 Å². The Balaban J connectivity index is 1.45. The van der Waals surface area contributed by atoms with Crippen molar-refractivity contribution in [1.29, 1.82) is 0 Å². The molecule has 1 fully saturated rings. The largest absolute Gasteiger partial charge is 0.357 e. The van der Waals surface area contributed by atoms with Crippen LogP contribution in [0.25, 0.3) is 5.65 Å². The van der Waals surface area contributed by atoms with Gasteiger partial charge in [0.1, 0.15) is 5.82 Å². The standard InChI is InChI=1S/C17H25N7O/c1-2-18-17(21-11-10-19-16(25)13-6-7-13)20-9-8-15-23-22-14-5-3-4-12-24(14)15/h3-5,12-13H,2,6-11H2,1H3,(H,19,25)(H2,18,20,21). The third kappa shape index (κ3) is 4.91. The summed E-state index contributed by atoms with van der Waals surface area (Å²) in [4.78, 5) is 16.1. The zero-order valence-electron chi connectivity index (χ0n) is 14.5. The first-order valence-electron chi connectivity index (χ1n) is 8.86. The van der Waals surface area contributed by atoms with Crippen LogP contribution in [0.5, 0.6) is 0 Å². The van der Waals surface area contributed by atoms with E-state index in [2.05, 4.69) is 31.1 Å². The summed E-state index contributed by atoms with van der Waals surface area (Å²) >= 11 is 0. The van der Waals surface area contributed by atoms with Gasteiger partial charge in [-0.05, 0) is 31.9 Å². The topological polar surface area (TPSA) is 95.7 Å². The fraction of sp³-hybridized carbons (Fsp3) is 0.529. The predicted molar refractivity (Wildman–Crippen MR) is 96.4 cm³/mol. The number of guanidine groups is 1. The number of hydrogen-bond acceptors (Lipinski definition) is 4. The Morgan fingerprint density at radius 1 is 1.24 bits per heavy atom. The van der Waals surface area contributed by atoms with Crippen molar-refractivity contribution >= 4 is 17.5 Å². The molecule has 8 nitrogen and oxygen atoms in total. The van der Waals surface area contributed by atoms with E-state index >= 15 is 0 Å². The van der Waals surface area contributed by atoms with Crippen molar-refractivity contribution in [3.05, 3.63) is 30.2 Å². The van der Waals surface area contributed by atoms with Gasteiger partial charge in [0.05, 0.1) is 0 Å². The number of pyridine rings is 1. The molecule has 0 atom stereocenters. The van der Waals surface area contributed by atoms with E-state index in [4.69, 9.17) is 0 Å². The number of rotatable bonds is 8. The maximum atomic E-state index is 11.6. The molecule has 2 aromatic heterocycles. The Bertz CT molecular complexity index is 735. The van der Waals surface area contributed by atoms with Gasteiger partial charge in [-0.3, -0.25) is 14.2 Å². The second-order valence-corrected chi connectivity index (χ2v) is 6.05. The monoisotopic (exact) mass is 343 g/mol. The first kappa shape index (κ1) is 17.2. The van der Waals surface area contributed by atoms with Crippen molar-refractivity contribution in [2.24, 2.45) is 10.9 Å². The lowest BCUT2D eigenvalue weighted by Gasteiger charge is -2.11. The van der Waals surface area contributed by atoms with Crippen LogP contribution in [0.3, 0.4) is 0 Å². The number of carbonyl (C=O) groups excluding carboxylic acids is 1. The van der Waals surface area contributed by atoms with Crippen LogP contribution in [-0.2, 0) is 11.2 Å². The van der Waals surface area contributed by atoms with Gasteiger partial charge in [0.2, 0.25) is 5.91 Å². The summed E-state index contributed by atoms with van der Waals surface area (Å²) in [5, 5.41) is 17.7. The summed E-state index contributed by atoms with van der Waals surface area (Å²) in [5.41, 5.74) is 0.845. The molecule has 0 saturated heterocycles. The van der Waals surface area contributed by atoms with Crippen LogP contribution in [-0.4, -0.2) is 52.6 Å². The summed E-state index contributed by atoms with van der Waals surface area (Å²) in [6.07, 6.45) is 4.72. The molecule has 1 aliphatic rings. The van der Waals surface area contributed by atoms with E-state index in [0.717, 1.165) is 36.8 Å². The zero-order chi connectivity index (χ0) is 17.5. The molecule has 1 aliphatic carbocycles. The summed E-state index contributed by atoms with van der Waals surface area (Å²) in [7, 11) is 0. The van der Waals surface area contributed by atoms with Gasteiger partial charge in [-0.2, -0.15) is 0 Å². The van der Waals surface area contributed by atoms with Gasteiger partial charge in [0.25, 0.3) is 0 Å². The zero-order valence-corrected chi connectivity index (χ0v) is 14.5. The minimum Gasteiger partial charge on any atom is -0.357 e. The molecule has 0 aromatic carbocycles. The molecule has 3 N–H and O–H groups in total. The number of amides is 1. The third-order valence-electron chi connectivity index (χ3n) is 4.00. The minimum absolute atomic E-state index is 0.169. The molecular weight excluding hydrogens is 318 g/mol. The molecule has 0 unspecified atom stereocenters. The Morgan fingerprint density at radius 2 is 2.08 bits per heavy atom. The number of hydrogen-bond donors (Lipinski definition) is 3. The van der Waals surface area contributed by atoms with Crippen molar-refractivity contribution in [3.8, 4) is 0 Å². The number of carbonyl (C=O) groups is 1. The van der Waals surface area contributed by atoms with E-state index in [1.54, 1.807) is 0 Å². The lowest BCUT2D eigenvalue weighted by atomic mass is 10.4. The van der Waals surface area contributed by atoms with Gasteiger partial charge in [0, 0.05) is 44.7 Å². The highest BCUT2D eigenvalue weighted by molar-refractivity contribution is 5.81. The summed E-state index contributed by atoms with van der Waals surface area (Å²) < 4.78 is 1.98. The third-order valence-corrected chi connectivity index (χ3v) is 4.00. The second kappa shape index (κ2) is 8.46. The lowest BCUT2D eigenvalue weighted by molar-refractivity contribution is -0.122. The van der Waals surface area contributed by atoms with Crippen molar-refractivity contribution in [2.45, 2.75) is 26.2 Å². The van der Waals surface area contributed by atoms with E-state index in [-0.39, 0.29) is 11.8 Å². The average Bonchev–Trinajstić information content (AvgIpc) is 3.40. The molecule has 0 spiro atoms. The van der Waals surface area contributed by atoms with Crippen molar-refractivity contribution < 1.29 is 4.79 Å². The van der Waals surface area contributed by atoms with Gasteiger partial charge < -0.3 is 16.0 Å². The summed E-state index contributed by atoms with van der Waals surface area (Å²) in [5.74, 6) is 2.06. The number of aliphatic imine (C=N–C) groups is 1. The normalized spacial score (nSPS) is 14.5. The Morgan fingerprint density at radius 3 is 2.88 bits per heavy atom. The number of nitrogens with zero attached hydrogens (tertiary/aromatic N) is 4. The highest BCUT2D eigenvalue weighted by Crippen LogP contribution is 2.28. The van der Waals surface area contributed by atoms with Crippen LogP contribution in [0.15, 0.2) is 29.4 Å². The van der Waals surface area contributed by atoms with Crippen molar-refractivity contribution in [3.63, 3.8) is 0 Å². The highest BCUT2D eigenvalue weighted by atomic mass is 16.2. The van der Waals surface area contributed by atoms with E-state index < -0.39 is 0 Å². The molecule has 1 amide bonds. The fourth-order valence-corrected chi connectivity index (χ4v) is 2.53. The number of aromatic nitrogens is 3. The van der Waals surface area contributed by atoms with E-state index in [1.807, 2.05) is 35.7 Å². The number of nitrogens with one attached hydrogen (secondary N) is 3. The molecule has 0 aliphatic heterocycles. The van der Waals surface area contributed by atoms with E-state index in [9.17, 15) is 4.79 Å². The maximum absolute atomic E-state index is 11.6. The Hall–Kier alpha value is -2.64. The first-order chi connectivity index (χ1) is 12.3. The van der Waals surface area contributed by atoms with Crippen molar-refractivity contribution in [2.75, 3.05) is 26.2 Å². The van der Waals surface area contributed by atoms with Crippen LogP contribution >= 0.6 is 0 Å². The molecule has 8 heteroatoms. The molecule has 2 heterocycles. The summed E-state index contributed by atoms with van der Waals surface area (Å²) in [6.45, 7) is 4.68. The van der Waals surface area contributed by atoms with Gasteiger partial charge >= 0.3 is 0 Å². The predicted octanol–water partition coefficient (Wildman–Crippen LogP) is 0.353. The molecule has 1 saturated carbocycles. The van der Waals surface area contributed by atoms with Crippen LogP contribution in [0.4, 0.5) is 0 Å². The number of fused-ring (bicyclic) bond motifs is 1. The molecule has 25 heavy (non-hydrogen) atoms. The smallest absolute Gasteiger partial charge is 0.223 e. The molecule has 2 aromatic rings. The van der Waals surface area contributed by atoms with Gasteiger partial charge in [-0.1, -0.05) is 6.07 Å². The Labute approximate surface area is 147 Å². The minimum atomic E-state index is 0.169. The van der Waals surface area contributed by atoms with Crippen LogP contribution in [0.1, 0.15) is 25.6 Å². The fourth-order valence-electron chi connectivity index (χ4n) is 2.53. The molecule has 3 rings (SSSR count). The van der Waals surface area contributed by atoms with Crippen LogP contribution in [0.2, 0.25) is 0 Å². The van der Waals surface area contributed by atoms with Crippen LogP contribution in [0, 0.1) is 5.92 Å². The quantitative estimate of drug-likeness (QED) is 0.365. The maximum Gasteiger partial charge on any atom is 0.223 e. The lowest BCUT2D eigenvalue weighted by Crippen LogP contribution is -2.41. The van der Waals surface area contributed by atoms with Crippen LogP contribution < -0.4 is 16.0 Å². The Kier molecular flexibility index (Phi) is 5.81. The second-order valence-electron chi connectivity index (χ2n) is 6.05. The van der Waals surface area contributed by atoms with E-state index in [1.165, 1.54) is 0 Å². The van der Waals surface area contributed by atoms with Gasteiger partial charge in [0.15, 0.2) is 11.6 Å². The molecular formula is C17H25N7O. The first-order valence-corrected chi connectivity index (χ1v) is 8.86. The van der Waals surface area contributed by atoms with E-state index in [0.29, 0.717) is 26.1 Å². The highest BCUT2D eigenvalue weighted by Gasteiger charge is 2.28. The summed E-state index contributed by atoms with van der Waals surface area (Å²) in [6, 6.07) is 5.84.